The average molecular weight is 198 g/mol. The molecule has 0 radical (unpaired) electrons. The maximum atomic E-state index is 10.8. The molecule has 0 fully saturated rings. The van der Waals surface area contributed by atoms with E-state index >= 15 is 0 Å². The summed E-state index contributed by atoms with van der Waals surface area (Å²) < 4.78 is 0. The van der Waals surface area contributed by atoms with Gasteiger partial charge in [0.2, 0.25) is 5.91 Å². The lowest BCUT2D eigenvalue weighted by molar-refractivity contribution is -0.127. The SMILES string of the molecule is C=NC=NC(C)NCCN(C)C(C)=O. The van der Waals surface area contributed by atoms with E-state index in [2.05, 4.69) is 22.0 Å². The number of carbonyl (C=O) groups is 1. The van der Waals surface area contributed by atoms with Crippen molar-refractivity contribution < 1.29 is 4.79 Å². The van der Waals surface area contributed by atoms with E-state index in [0.717, 1.165) is 0 Å². The first-order chi connectivity index (χ1) is 6.57. The molecule has 0 aliphatic carbocycles. The topological polar surface area (TPSA) is 57.1 Å². The normalized spacial score (nSPS) is 12.8. The number of rotatable bonds is 6. The molecule has 0 aliphatic rings. The largest absolute Gasteiger partial charge is 0.345 e. The summed E-state index contributed by atoms with van der Waals surface area (Å²) in [6.07, 6.45) is 1.41. The molecule has 0 aromatic carbocycles. The van der Waals surface area contributed by atoms with Crippen molar-refractivity contribution in [3.8, 4) is 0 Å². The van der Waals surface area contributed by atoms with Gasteiger partial charge in [0.05, 0.1) is 6.17 Å². The zero-order valence-corrected chi connectivity index (χ0v) is 9.03. The van der Waals surface area contributed by atoms with Crippen LogP contribution in [0.15, 0.2) is 9.98 Å². The van der Waals surface area contributed by atoms with Crippen molar-refractivity contribution in [3.05, 3.63) is 0 Å². The van der Waals surface area contributed by atoms with E-state index in [1.807, 2.05) is 6.92 Å². The van der Waals surface area contributed by atoms with Gasteiger partial charge in [-0.05, 0) is 13.6 Å². The van der Waals surface area contributed by atoms with Crippen molar-refractivity contribution in [2.75, 3.05) is 20.1 Å². The lowest BCUT2D eigenvalue weighted by atomic mass is 10.5. The van der Waals surface area contributed by atoms with E-state index in [-0.39, 0.29) is 12.1 Å². The van der Waals surface area contributed by atoms with Crippen LogP contribution in [-0.2, 0) is 4.79 Å². The Labute approximate surface area is 84.9 Å². The summed E-state index contributed by atoms with van der Waals surface area (Å²) in [5, 5.41) is 3.12. The second-order valence-electron chi connectivity index (χ2n) is 3.02. The molecule has 0 rings (SSSR count). The van der Waals surface area contributed by atoms with Crippen LogP contribution in [0.4, 0.5) is 0 Å². The monoisotopic (exact) mass is 198 g/mol. The van der Waals surface area contributed by atoms with Gasteiger partial charge in [-0.3, -0.25) is 20.1 Å². The van der Waals surface area contributed by atoms with Gasteiger partial charge in [-0.1, -0.05) is 0 Å². The predicted octanol–water partition coefficient (Wildman–Crippen LogP) is 0.129. The summed E-state index contributed by atoms with van der Waals surface area (Å²) in [5.41, 5.74) is 0. The van der Waals surface area contributed by atoms with Crippen molar-refractivity contribution >= 4 is 19.0 Å². The Bertz CT molecular complexity index is 215. The third kappa shape index (κ3) is 6.30. The van der Waals surface area contributed by atoms with Crippen molar-refractivity contribution in [1.82, 2.24) is 10.2 Å². The van der Waals surface area contributed by atoms with Gasteiger partial charge in [-0.15, -0.1) is 0 Å². The average Bonchev–Trinajstić information content (AvgIpc) is 2.14. The minimum Gasteiger partial charge on any atom is -0.345 e. The molecule has 0 aromatic heterocycles. The van der Waals surface area contributed by atoms with Crippen LogP contribution >= 0.6 is 0 Å². The van der Waals surface area contributed by atoms with Crippen LogP contribution in [-0.4, -0.2) is 50.2 Å². The van der Waals surface area contributed by atoms with Crippen molar-refractivity contribution in [2.24, 2.45) is 9.98 Å². The van der Waals surface area contributed by atoms with Crippen molar-refractivity contribution in [2.45, 2.75) is 20.0 Å². The summed E-state index contributed by atoms with van der Waals surface area (Å²) in [5.74, 6) is 0.0655. The lowest BCUT2D eigenvalue weighted by Crippen LogP contribution is -2.35. The molecule has 1 amide bonds. The van der Waals surface area contributed by atoms with E-state index in [9.17, 15) is 4.79 Å². The number of hydrogen-bond acceptors (Lipinski definition) is 3. The number of amides is 1. The summed E-state index contributed by atoms with van der Waals surface area (Å²) >= 11 is 0. The molecule has 0 saturated heterocycles. The van der Waals surface area contributed by atoms with Gasteiger partial charge in [0, 0.05) is 27.1 Å². The van der Waals surface area contributed by atoms with E-state index in [1.165, 1.54) is 6.34 Å². The fraction of sp³-hybridized carbons (Fsp3) is 0.667. The van der Waals surface area contributed by atoms with Gasteiger partial charge >= 0.3 is 0 Å². The Hall–Kier alpha value is -1.23. The number of likely N-dealkylation sites (N-methyl/N-ethyl adjacent to an activating group) is 1. The number of carbonyl (C=O) groups excluding carboxylic acids is 1. The lowest BCUT2D eigenvalue weighted by Gasteiger charge is -2.16. The molecule has 0 spiro atoms. The fourth-order valence-electron chi connectivity index (χ4n) is 0.798. The molecular weight excluding hydrogens is 180 g/mol. The number of aliphatic imine (C=N–C) groups is 2. The minimum absolute atomic E-state index is 0.000795. The van der Waals surface area contributed by atoms with E-state index < -0.39 is 0 Å². The van der Waals surface area contributed by atoms with Crippen LogP contribution in [0, 0.1) is 0 Å². The zero-order chi connectivity index (χ0) is 11.0. The van der Waals surface area contributed by atoms with Gasteiger partial charge < -0.3 is 4.90 Å². The van der Waals surface area contributed by atoms with Crippen LogP contribution in [0.25, 0.3) is 0 Å². The Balaban J connectivity index is 3.58. The van der Waals surface area contributed by atoms with Gasteiger partial charge in [0.1, 0.15) is 6.34 Å². The molecule has 1 atom stereocenters. The van der Waals surface area contributed by atoms with Crippen LogP contribution < -0.4 is 5.32 Å². The maximum Gasteiger partial charge on any atom is 0.219 e. The summed E-state index contributed by atoms with van der Waals surface area (Å²) in [7, 11) is 1.77. The highest BCUT2D eigenvalue weighted by Crippen LogP contribution is 1.84. The van der Waals surface area contributed by atoms with Crippen LogP contribution in [0.1, 0.15) is 13.8 Å². The van der Waals surface area contributed by atoms with Gasteiger partial charge in [-0.25, -0.2) is 0 Å². The molecule has 5 heteroatoms. The molecule has 0 aliphatic heterocycles. The highest BCUT2D eigenvalue weighted by atomic mass is 16.2. The molecule has 14 heavy (non-hydrogen) atoms. The molecule has 80 valence electrons. The Morgan fingerprint density at radius 3 is 2.86 bits per heavy atom. The first-order valence-electron chi connectivity index (χ1n) is 4.50. The predicted molar refractivity (Wildman–Crippen MR) is 58.8 cm³/mol. The van der Waals surface area contributed by atoms with Crippen molar-refractivity contribution in [3.63, 3.8) is 0 Å². The van der Waals surface area contributed by atoms with Crippen LogP contribution in [0.3, 0.4) is 0 Å². The quantitative estimate of drug-likeness (QED) is 0.487. The Morgan fingerprint density at radius 2 is 2.36 bits per heavy atom. The maximum absolute atomic E-state index is 10.8. The minimum atomic E-state index is 0.000795. The summed E-state index contributed by atoms with van der Waals surface area (Å²) in [6.45, 7) is 8.13. The molecule has 0 heterocycles. The molecule has 1 unspecified atom stereocenters. The molecular formula is C9H18N4O. The van der Waals surface area contributed by atoms with E-state index in [4.69, 9.17) is 0 Å². The molecule has 0 aromatic rings. The number of hydrogen-bond donors (Lipinski definition) is 1. The number of nitrogens with zero attached hydrogens (tertiary/aromatic N) is 3. The third-order valence-corrected chi connectivity index (χ3v) is 1.80. The van der Waals surface area contributed by atoms with Crippen molar-refractivity contribution in [1.29, 1.82) is 0 Å². The number of nitrogens with one attached hydrogen (secondary N) is 1. The molecule has 0 bridgehead atoms. The first-order valence-corrected chi connectivity index (χ1v) is 4.50. The first kappa shape index (κ1) is 12.8. The highest BCUT2D eigenvalue weighted by Gasteiger charge is 2.01. The Kier molecular flexibility index (Phi) is 6.57. The highest BCUT2D eigenvalue weighted by molar-refractivity contribution is 5.72. The van der Waals surface area contributed by atoms with E-state index in [1.54, 1.807) is 18.9 Å². The molecule has 5 nitrogen and oxygen atoms in total. The molecule has 0 saturated carbocycles. The molecule has 1 N–H and O–H groups in total. The Morgan fingerprint density at radius 1 is 1.71 bits per heavy atom. The second-order valence-corrected chi connectivity index (χ2v) is 3.02. The second kappa shape index (κ2) is 7.20. The van der Waals surface area contributed by atoms with Crippen LogP contribution in [0.2, 0.25) is 0 Å². The van der Waals surface area contributed by atoms with E-state index in [0.29, 0.717) is 13.1 Å². The summed E-state index contributed by atoms with van der Waals surface area (Å²) in [6, 6.07) is 0. The summed E-state index contributed by atoms with van der Waals surface area (Å²) in [4.78, 5) is 20.0. The van der Waals surface area contributed by atoms with Gasteiger partial charge in [0.15, 0.2) is 0 Å². The van der Waals surface area contributed by atoms with Gasteiger partial charge in [-0.2, -0.15) is 0 Å². The third-order valence-electron chi connectivity index (χ3n) is 1.80. The fourth-order valence-corrected chi connectivity index (χ4v) is 0.798. The standard InChI is InChI=1S/C9H18N4O/c1-8(12-7-10-3)11-5-6-13(4)9(2)14/h7-8,11H,3,5-6H2,1-2,4H3. The van der Waals surface area contributed by atoms with Crippen LogP contribution in [0.5, 0.6) is 0 Å². The smallest absolute Gasteiger partial charge is 0.219 e. The zero-order valence-electron chi connectivity index (χ0n) is 9.03. The van der Waals surface area contributed by atoms with Gasteiger partial charge in [0.25, 0.3) is 0 Å².